The predicted molar refractivity (Wildman–Crippen MR) is 97.4 cm³/mol. The molecule has 1 aromatic carbocycles. The van der Waals surface area contributed by atoms with Crippen molar-refractivity contribution in [2.75, 3.05) is 33.0 Å². The van der Waals surface area contributed by atoms with E-state index in [9.17, 15) is 4.79 Å². The maximum Gasteiger partial charge on any atom is 0.195 e. The van der Waals surface area contributed by atoms with Gasteiger partial charge in [0.1, 0.15) is 24.6 Å². The fourth-order valence-corrected chi connectivity index (χ4v) is 3.27. The summed E-state index contributed by atoms with van der Waals surface area (Å²) in [6.07, 6.45) is -0.463. The minimum Gasteiger partial charge on any atom is -0.494 e. The summed E-state index contributed by atoms with van der Waals surface area (Å²) < 4.78 is 28.0. The number of aromatic amines is 1. The SMILES string of the molecule is CCOc1ccc(C2OCc3c2[nH]c(OCC2COCCO2)cc3=O)cc1. The van der Waals surface area contributed by atoms with Crippen molar-refractivity contribution >= 4 is 0 Å². The van der Waals surface area contributed by atoms with E-state index in [2.05, 4.69) is 4.98 Å². The lowest BCUT2D eigenvalue weighted by Crippen LogP contribution is -2.33. The molecule has 0 bridgehead atoms. The molecule has 0 saturated carbocycles. The number of fused-ring (bicyclic) bond motifs is 1. The summed E-state index contributed by atoms with van der Waals surface area (Å²) >= 11 is 0. The van der Waals surface area contributed by atoms with Gasteiger partial charge in [-0.1, -0.05) is 12.1 Å². The van der Waals surface area contributed by atoms with E-state index >= 15 is 0 Å². The van der Waals surface area contributed by atoms with Crippen molar-refractivity contribution in [3.8, 4) is 11.6 Å². The molecule has 4 rings (SSSR count). The van der Waals surface area contributed by atoms with E-state index in [1.165, 1.54) is 6.07 Å². The number of ether oxygens (including phenoxy) is 5. The molecule has 1 aromatic heterocycles. The highest BCUT2D eigenvalue weighted by atomic mass is 16.6. The number of nitrogens with one attached hydrogen (secondary N) is 1. The zero-order valence-electron chi connectivity index (χ0n) is 15.2. The second-order valence-electron chi connectivity index (χ2n) is 6.46. The van der Waals surface area contributed by atoms with Gasteiger partial charge in [0.05, 0.1) is 38.7 Å². The van der Waals surface area contributed by atoms with Crippen LogP contribution >= 0.6 is 0 Å². The van der Waals surface area contributed by atoms with Crippen molar-refractivity contribution in [2.45, 2.75) is 25.7 Å². The molecule has 0 radical (unpaired) electrons. The maximum absolute atomic E-state index is 12.4. The smallest absolute Gasteiger partial charge is 0.195 e. The molecule has 0 spiro atoms. The van der Waals surface area contributed by atoms with Crippen LogP contribution in [0.3, 0.4) is 0 Å². The normalized spacial score (nSPS) is 21.7. The summed E-state index contributed by atoms with van der Waals surface area (Å²) in [7, 11) is 0. The van der Waals surface area contributed by atoms with E-state index in [-0.39, 0.29) is 24.2 Å². The van der Waals surface area contributed by atoms with Crippen molar-refractivity contribution in [2.24, 2.45) is 0 Å². The highest BCUT2D eigenvalue weighted by Crippen LogP contribution is 2.34. The molecule has 2 atom stereocenters. The summed E-state index contributed by atoms with van der Waals surface area (Å²) in [6.45, 7) is 4.82. The summed E-state index contributed by atoms with van der Waals surface area (Å²) in [5, 5.41) is 0. The molecule has 3 heterocycles. The highest BCUT2D eigenvalue weighted by molar-refractivity contribution is 5.38. The number of pyridine rings is 1. The lowest BCUT2D eigenvalue weighted by Gasteiger charge is -2.23. The van der Waals surface area contributed by atoms with Crippen LogP contribution in [0.25, 0.3) is 0 Å². The van der Waals surface area contributed by atoms with Gasteiger partial charge in [0, 0.05) is 11.6 Å². The first-order chi connectivity index (χ1) is 13.2. The van der Waals surface area contributed by atoms with Crippen LogP contribution in [0.1, 0.15) is 29.8 Å². The minimum absolute atomic E-state index is 0.0898. The lowest BCUT2D eigenvalue weighted by atomic mass is 10.0. The molecule has 7 nitrogen and oxygen atoms in total. The van der Waals surface area contributed by atoms with Crippen LogP contribution in [-0.4, -0.2) is 44.1 Å². The van der Waals surface area contributed by atoms with Gasteiger partial charge in [-0.05, 0) is 24.6 Å². The number of hydrogen-bond acceptors (Lipinski definition) is 6. The van der Waals surface area contributed by atoms with E-state index in [1.54, 1.807) is 0 Å². The Hall–Kier alpha value is -2.35. The lowest BCUT2D eigenvalue weighted by molar-refractivity contribution is -0.102. The number of H-pyrrole nitrogens is 1. The average Bonchev–Trinajstić information content (AvgIpc) is 3.13. The van der Waals surface area contributed by atoms with Crippen LogP contribution < -0.4 is 14.9 Å². The van der Waals surface area contributed by atoms with Gasteiger partial charge in [0.15, 0.2) is 11.3 Å². The van der Waals surface area contributed by atoms with Crippen LogP contribution in [-0.2, 0) is 20.8 Å². The molecule has 2 unspecified atom stereocenters. The van der Waals surface area contributed by atoms with E-state index in [1.807, 2.05) is 31.2 Å². The van der Waals surface area contributed by atoms with Crippen molar-refractivity contribution in [1.82, 2.24) is 4.98 Å². The van der Waals surface area contributed by atoms with Gasteiger partial charge in [-0.25, -0.2) is 0 Å². The first kappa shape index (κ1) is 18.0. The molecule has 0 aliphatic carbocycles. The Morgan fingerprint density at radius 3 is 2.74 bits per heavy atom. The van der Waals surface area contributed by atoms with Crippen LogP contribution in [0, 0.1) is 0 Å². The van der Waals surface area contributed by atoms with Gasteiger partial charge in [-0.2, -0.15) is 0 Å². The fraction of sp³-hybridized carbons (Fsp3) is 0.450. The first-order valence-electron chi connectivity index (χ1n) is 9.17. The monoisotopic (exact) mass is 373 g/mol. The summed E-state index contributed by atoms with van der Waals surface area (Å²) in [5.74, 6) is 1.22. The van der Waals surface area contributed by atoms with Gasteiger partial charge in [-0.3, -0.25) is 4.79 Å². The molecule has 27 heavy (non-hydrogen) atoms. The van der Waals surface area contributed by atoms with Crippen molar-refractivity contribution in [3.63, 3.8) is 0 Å². The van der Waals surface area contributed by atoms with Gasteiger partial charge >= 0.3 is 0 Å². The van der Waals surface area contributed by atoms with E-state index in [0.717, 1.165) is 17.0 Å². The molecular formula is C20H23NO6. The second kappa shape index (κ2) is 8.12. The van der Waals surface area contributed by atoms with Gasteiger partial charge < -0.3 is 28.7 Å². The van der Waals surface area contributed by atoms with E-state index in [4.69, 9.17) is 23.7 Å². The molecule has 2 aliphatic heterocycles. The topological polar surface area (TPSA) is 79.0 Å². The van der Waals surface area contributed by atoms with Gasteiger partial charge in [0.25, 0.3) is 0 Å². The van der Waals surface area contributed by atoms with Crippen molar-refractivity contribution < 1.29 is 23.7 Å². The molecule has 144 valence electrons. The molecule has 1 saturated heterocycles. The van der Waals surface area contributed by atoms with Gasteiger partial charge in [-0.15, -0.1) is 0 Å². The van der Waals surface area contributed by atoms with Gasteiger partial charge in [0.2, 0.25) is 0 Å². The summed E-state index contributed by atoms with van der Waals surface area (Å²) in [6, 6.07) is 9.16. The zero-order valence-corrected chi connectivity index (χ0v) is 15.2. The first-order valence-corrected chi connectivity index (χ1v) is 9.17. The molecule has 2 aromatic rings. The Kier molecular flexibility index (Phi) is 5.42. The second-order valence-corrected chi connectivity index (χ2v) is 6.46. The third-order valence-corrected chi connectivity index (χ3v) is 4.60. The highest BCUT2D eigenvalue weighted by Gasteiger charge is 2.29. The number of benzene rings is 1. The van der Waals surface area contributed by atoms with Crippen LogP contribution in [0.5, 0.6) is 11.6 Å². The molecule has 1 fully saturated rings. The van der Waals surface area contributed by atoms with Crippen molar-refractivity contribution in [1.29, 1.82) is 0 Å². The molecule has 0 amide bonds. The summed E-state index contributed by atoms with van der Waals surface area (Å²) in [4.78, 5) is 15.7. The average molecular weight is 373 g/mol. The standard InChI is InChI=1S/C20H23NO6/c1-2-24-14-5-3-13(4-6-14)20-19-16(12-27-20)17(22)9-18(21-19)26-11-15-10-23-7-8-25-15/h3-6,9,15,20H,2,7-8,10-12H2,1H3,(H,21,22). The van der Waals surface area contributed by atoms with Crippen LogP contribution in [0.4, 0.5) is 0 Å². The molecule has 2 aliphatic rings. The van der Waals surface area contributed by atoms with E-state index in [0.29, 0.717) is 44.5 Å². The van der Waals surface area contributed by atoms with Crippen LogP contribution in [0.15, 0.2) is 35.1 Å². The number of hydrogen-bond donors (Lipinski definition) is 1. The Labute approximate surface area is 157 Å². The Morgan fingerprint density at radius 2 is 2.00 bits per heavy atom. The Balaban J connectivity index is 1.52. The predicted octanol–water partition coefficient (Wildman–Crippen LogP) is 2.19. The largest absolute Gasteiger partial charge is 0.494 e. The van der Waals surface area contributed by atoms with Crippen molar-refractivity contribution in [3.05, 3.63) is 57.4 Å². The number of aromatic nitrogens is 1. The van der Waals surface area contributed by atoms with Crippen LogP contribution in [0.2, 0.25) is 0 Å². The molecular weight excluding hydrogens is 350 g/mol. The maximum atomic E-state index is 12.4. The Bertz CT molecular complexity index is 825. The molecule has 1 N–H and O–H groups in total. The quantitative estimate of drug-likeness (QED) is 0.836. The Morgan fingerprint density at radius 1 is 1.15 bits per heavy atom. The third kappa shape index (κ3) is 4.00. The third-order valence-electron chi connectivity index (χ3n) is 4.60. The zero-order chi connectivity index (χ0) is 18.6. The fourth-order valence-electron chi connectivity index (χ4n) is 3.27. The summed E-state index contributed by atoms with van der Waals surface area (Å²) in [5.41, 5.74) is 2.24. The number of rotatable bonds is 6. The molecule has 7 heteroatoms. The van der Waals surface area contributed by atoms with E-state index < -0.39 is 0 Å². The minimum atomic E-state index is -0.332.